The molecular weight excluding hydrogens is 475 g/mol. The highest BCUT2D eigenvalue weighted by atomic mass is 35.5. The summed E-state index contributed by atoms with van der Waals surface area (Å²) in [4.78, 5) is 24.0. The molecule has 0 heterocycles. The van der Waals surface area contributed by atoms with Gasteiger partial charge in [0.25, 0.3) is 0 Å². The lowest BCUT2D eigenvalue weighted by molar-refractivity contribution is -0.144. The van der Waals surface area contributed by atoms with E-state index >= 15 is 0 Å². The van der Waals surface area contributed by atoms with Crippen LogP contribution < -0.4 is 9.50 Å². The molecule has 0 aliphatic heterocycles. The monoisotopic (exact) mass is 491 g/mol. The molecule has 2 aromatic carbocycles. The number of nitrogens with zero attached hydrogens (tertiary/aromatic N) is 2. The number of hydrazone groups is 1. The second-order valence-electron chi connectivity index (χ2n) is 6.15. The fourth-order valence-corrected chi connectivity index (χ4v) is 2.90. The average Bonchev–Trinajstić information content (AvgIpc) is 2.72. The lowest BCUT2D eigenvalue weighted by Gasteiger charge is -2.15. The third-order valence-corrected chi connectivity index (χ3v) is 5.04. The van der Waals surface area contributed by atoms with E-state index in [4.69, 9.17) is 11.6 Å². The number of carbonyl (C=O) groups is 2. The molecule has 0 fully saturated rings. The minimum atomic E-state index is -5.83. The van der Waals surface area contributed by atoms with Crippen LogP contribution in [-0.2, 0) is 19.7 Å². The van der Waals surface area contributed by atoms with Crippen LogP contribution >= 0.6 is 11.6 Å². The number of likely N-dealkylation sites (N-methyl/N-ethyl adjacent to an activating group) is 2. The summed E-state index contributed by atoms with van der Waals surface area (Å²) in [6, 6.07) is 10.7. The summed E-state index contributed by atoms with van der Waals surface area (Å²) in [6.45, 7) is 1.87. The largest absolute Gasteiger partial charge is 0.534 e. The average molecular weight is 492 g/mol. The van der Waals surface area contributed by atoms with Crippen LogP contribution in [0.2, 0.25) is 5.02 Å². The van der Waals surface area contributed by atoms with Gasteiger partial charge in [0.1, 0.15) is 5.75 Å². The molecule has 0 aliphatic carbocycles. The number of halogens is 4. The molecule has 0 atom stereocenters. The molecule has 0 saturated heterocycles. The Labute approximate surface area is 186 Å². The highest BCUT2D eigenvalue weighted by Crippen LogP contribution is 2.27. The van der Waals surface area contributed by atoms with Gasteiger partial charge in [-0.05, 0) is 43.3 Å². The highest BCUT2D eigenvalue weighted by molar-refractivity contribution is 7.88. The number of amides is 2. The predicted molar refractivity (Wildman–Crippen MR) is 111 cm³/mol. The summed E-state index contributed by atoms with van der Waals surface area (Å²) in [5.41, 5.74) is -4.67. The molecule has 2 rings (SSSR count). The third kappa shape index (κ3) is 6.20. The van der Waals surface area contributed by atoms with E-state index in [2.05, 4.69) is 14.6 Å². The van der Waals surface area contributed by atoms with E-state index in [0.717, 1.165) is 17.1 Å². The van der Waals surface area contributed by atoms with Crippen LogP contribution in [0.15, 0.2) is 53.6 Å². The topological polar surface area (TPSA) is 105 Å². The summed E-state index contributed by atoms with van der Waals surface area (Å²) in [5.74, 6) is -2.40. The van der Waals surface area contributed by atoms with Gasteiger partial charge in [0.05, 0.1) is 5.71 Å². The van der Waals surface area contributed by atoms with Gasteiger partial charge >= 0.3 is 27.4 Å². The molecule has 0 saturated carbocycles. The maximum atomic E-state index is 12.5. The van der Waals surface area contributed by atoms with Crippen molar-refractivity contribution in [3.63, 3.8) is 0 Å². The SMILES string of the molecule is CCNC(=O)C(=O)N(C)/N=C(/c1ccc(Cl)cc1)c1ccc(OS(=O)(=O)C(F)(F)F)cc1. The van der Waals surface area contributed by atoms with Crippen molar-refractivity contribution in [2.75, 3.05) is 13.6 Å². The van der Waals surface area contributed by atoms with Crippen molar-refractivity contribution in [3.05, 3.63) is 64.7 Å². The van der Waals surface area contributed by atoms with Gasteiger partial charge in [0.2, 0.25) is 0 Å². The van der Waals surface area contributed by atoms with Gasteiger partial charge < -0.3 is 9.50 Å². The molecular formula is C19H17ClF3N3O5S. The third-order valence-electron chi connectivity index (χ3n) is 3.81. The van der Waals surface area contributed by atoms with E-state index in [1.54, 1.807) is 31.2 Å². The van der Waals surface area contributed by atoms with Crippen molar-refractivity contribution in [2.45, 2.75) is 12.4 Å². The van der Waals surface area contributed by atoms with Crippen LogP contribution in [0.25, 0.3) is 0 Å². The zero-order valence-electron chi connectivity index (χ0n) is 16.7. The molecule has 0 bridgehead atoms. The lowest BCUT2D eigenvalue weighted by Crippen LogP contribution is -2.39. The smallest absolute Gasteiger partial charge is 0.376 e. The van der Waals surface area contributed by atoms with Gasteiger partial charge in [-0.15, -0.1) is 0 Å². The second kappa shape index (κ2) is 10.0. The molecule has 0 aliphatic rings. The van der Waals surface area contributed by atoms with Gasteiger partial charge in [-0.1, -0.05) is 23.7 Å². The lowest BCUT2D eigenvalue weighted by atomic mass is 10.0. The van der Waals surface area contributed by atoms with Crippen LogP contribution in [0.5, 0.6) is 5.75 Å². The Balaban J connectivity index is 2.43. The number of nitrogens with one attached hydrogen (secondary N) is 1. The van der Waals surface area contributed by atoms with E-state index in [9.17, 15) is 31.2 Å². The number of hydrogen-bond acceptors (Lipinski definition) is 6. The van der Waals surface area contributed by atoms with Gasteiger partial charge in [0, 0.05) is 29.7 Å². The molecule has 13 heteroatoms. The molecule has 32 heavy (non-hydrogen) atoms. The molecule has 0 spiro atoms. The van der Waals surface area contributed by atoms with Crippen LogP contribution in [0.1, 0.15) is 18.1 Å². The maximum absolute atomic E-state index is 12.5. The Morgan fingerprint density at radius 3 is 2.03 bits per heavy atom. The Hall–Kier alpha value is -3.12. The Morgan fingerprint density at radius 1 is 1.06 bits per heavy atom. The summed E-state index contributed by atoms with van der Waals surface area (Å²) < 4.78 is 63.9. The van der Waals surface area contributed by atoms with Crippen LogP contribution in [0.3, 0.4) is 0 Å². The van der Waals surface area contributed by atoms with E-state index in [1.165, 1.54) is 19.2 Å². The molecule has 2 amide bonds. The normalized spacial score (nSPS) is 12.2. The number of alkyl halides is 3. The van der Waals surface area contributed by atoms with E-state index < -0.39 is 33.2 Å². The Bertz CT molecular complexity index is 1120. The van der Waals surface area contributed by atoms with E-state index in [-0.39, 0.29) is 12.3 Å². The van der Waals surface area contributed by atoms with Gasteiger partial charge in [-0.2, -0.15) is 26.7 Å². The number of rotatable bonds is 6. The predicted octanol–water partition coefficient (Wildman–Crippen LogP) is 2.92. The zero-order valence-corrected chi connectivity index (χ0v) is 18.3. The number of hydrogen-bond donors (Lipinski definition) is 1. The molecule has 0 radical (unpaired) electrons. The van der Waals surface area contributed by atoms with Gasteiger partial charge in [-0.3, -0.25) is 9.59 Å². The van der Waals surface area contributed by atoms with Gasteiger partial charge in [0.15, 0.2) is 0 Å². The first kappa shape index (κ1) is 25.1. The van der Waals surface area contributed by atoms with Crippen molar-refractivity contribution >= 4 is 39.2 Å². The molecule has 172 valence electrons. The van der Waals surface area contributed by atoms with E-state index in [0.29, 0.717) is 16.1 Å². The first-order chi connectivity index (χ1) is 14.9. The fourth-order valence-electron chi connectivity index (χ4n) is 2.31. The molecule has 2 aromatic rings. The maximum Gasteiger partial charge on any atom is 0.534 e. The van der Waals surface area contributed by atoms with Crippen molar-refractivity contribution in [3.8, 4) is 5.75 Å². The standard InChI is InChI=1S/C19H17ClF3N3O5S/c1-3-24-17(27)18(28)26(2)25-16(12-4-8-14(20)9-5-12)13-6-10-15(11-7-13)31-32(29,30)19(21,22)23/h4-11H,3H2,1-2H3,(H,24,27)/b25-16-. The molecule has 0 aromatic heterocycles. The number of carbonyl (C=O) groups excluding carboxylic acids is 2. The Morgan fingerprint density at radius 2 is 1.56 bits per heavy atom. The van der Waals surface area contributed by atoms with E-state index in [1.807, 2.05) is 0 Å². The number of benzene rings is 2. The molecule has 0 unspecified atom stereocenters. The highest BCUT2D eigenvalue weighted by Gasteiger charge is 2.48. The first-order valence-corrected chi connectivity index (χ1v) is 10.7. The van der Waals surface area contributed by atoms with Gasteiger partial charge in [-0.25, -0.2) is 5.01 Å². The molecule has 1 N–H and O–H groups in total. The quantitative estimate of drug-likeness (QED) is 0.220. The minimum absolute atomic E-state index is 0.159. The van der Waals surface area contributed by atoms with Crippen LogP contribution in [-0.4, -0.2) is 50.1 Å². The zero-order chi connectivity index (χ0) is 24.1. The minimum Gasteiger partial charge on any atom is -0.376 e. The summed E-state index contributed by atoms with van der Waals surface area (Å²) in [5, 5.41) is 7.71. The summed E-state index contributed by atoms with van der Waals surface area (Å²) in [6.07, 6.45) is 0. The van der Waals surface area contributed by atoms with Crippen LogP contribution in [0, 0.1) is 0 Å². The van der Waals surface area contributed by atoms with Crippen molar-refractivity contribution < 1.29 is 35.4 Å². The van der Waals surface area contributed by atoms with Crippen molar-refractivity contribution in [2.24, 2.45) is 5.10 Å². The fraction of sp³-hybridized carbons (Fsp3) is 0.211. The molecule has 8 nitrogen and oxygen atoms in total. The van der Waals surface area contributed by atoms with Crippen molar-refractivity contribution in [1.82, 2.24) is 10.3 Å². The first-order valence-electron chi connectivity index (χ1n) is 8.87. The summed E-state index contributed by atoms with van der Waals surface area (Å²) in [7, 11) is -4.58. The Kier molecular flexibility index (Phi) is 7.86. The van der Waals surface area contributed by atoms with Crippen molar-refractivity contribution in [1.29, 1.82) is 0 Å². The summed E-state index contributed by atoms with van der Waals surface area (Å²) >= 11 is 5.89. The van der Waals surface area contributed by atoms with Crippen LogP contribution in [0.4, 0.5) is 13.2 Å². The second-order valence-corrected chi connectivity index (χ2v) is 8.13.